The lowest BCUT2D eigenvalue weighted by Gasteiger charge is -2.05. The Labute approximate surface area is 76.6 Å². The molecule has 0 heterocycles. The van der Waals surface area contributed by atoms with Crippen LogP contribution < -0.4 is 4.74 Å². The first kappa shape index (κ1) is 8.10. The summed E-state index contributed by atoms with van der Waals surface area (Å²) in [5.74, 6) is 0.885. The minimum Gasteiger partial charge on any atom is -0.496 e. The van der Waals surface area contributed by atoms with Gasteiger partial charge in [0.25, 0.3) is 0 Å². The van der Waals surface area contributed by atoms with Crippen molar-refractivity contribution in [2.45, 2.75) is 12.8 Å². The second-order valence-corrected chi connectivity index (χ2v) is 3.03. The Morgan fingerprint density at radius 2 is 2.23 bits per heavy atom. The molecule has 1 N–H and O–H groups in total. The third-order valence-electron chi connectivity index (χ3n) is 2.40. The molecule has 0 unspecified atom stereocenters. The predicted octanol–water partition coefficient (Wildman–Crippen LogP) is 1.82. The zero-order valence-electron chi connectivity index (χ0n) is 7.45. The van der Waals surface area contributed by atoms with Gasteiger partial charge in [-0.25, -0.2) is 0 Å². The molecule has 0 atom stereocenters. The van der Waals surface area contributed by atoms with Crippen LogP contribution in [0.4, 0.5) is 0 Å². The molecular weight excluding hydrogens is 166 g/mol. The molecule has 0 fully saturated rings. The minimum absolute atomic E-state index is 0.758. The fourth-order valence-electron chi connectivity index (χ4n) is 1.77. The van der Waals surface area contributed by atoms with Gasteiger partial charge in [-0.05, 0) is 18.9 Å². The fourth-order valence-corrected chi connectivity index (χ4v) is 1.77. The van der Waals surface area contributed by atoms with Crippen LogP contribution in [-0.2, 0) is 6.42 Å². The van der Waals surface area contributed by atoms with Crippen LogP contribution in [0.2, 0.25) is 0 Å². The average Bonchev–Trinajstić information content (AvgIpc) is 2.60. The van der Waals surface area contributed by atoms with Crippen molar-refractivity contribution in [2.24, 2.45) is 5.16 Å². The largest absolute Gasteiger partial charge is 0.496 e. The van der Waals surface area contributed by atoms with Crippen LogP contribution in [0, 0.1) is 0 Å². The molecular formula is C10H11NO2. The number of nitrogens with zero attached hydrogens (tertiary/aromatic N) is 1. The first-order valence-corrected chi connectivity index (χ1v) is 4.24. The highest BCUT2D eigenvalue weighted by Crippen LogP contribution is 2.30. The first-order chi connectivity index (χ1) is 6.36. The van der Waals surface area contributed by atoms with E-state index in [1.54, 1.807) is 7.11 Å². The highest BCUT2D eigenvalue weighted by atomic mass is 16.5. The minimum atomic E-state index is 0.758. The average molecular weight is 177 g/mol. The van der Waals surface area contributed by atoms with E-state index in [-0.39, 0.29) is 0 Å². The van der Waals surface area contributed by atoms with Gasteiger partial charge in [-0.3, -0.25) is 0 Å². The van der Waals surface area contributed by atoms with Gasteiger partial charge in [0, 0.05) is 11.1 Å². The molecule has 3 heteroatoms. The maximum Gasteiger partial charge on any atom is 0.122 e. The Bertz CT molecular complexity index is 358. The molecule has 0 bridgehead atoms. The molecule has 0 saturated carbocycles. The number of hydrogen-bond donors (Lipinski definition) is 1. The van der Waals surface area contributed by atoms with Gasteiger partial charge in [-0.2, -0.15) is 0 Å². The second-order valence-electron chi connectivity index (χ2n) is 3.03. The molecule has 13 heavy (non-hydrogen) atoms. The van der Waals surface area contributed by atoms with Gasteiger partial charge >= 0.3 is 0 Å². The molecule has 1 aromatic carbocycles. The molecule has 0 aromatic heterocycles. The monoisotopic (exact) mass is 177 g/mol. The molecule has 1 aromatic rings. The number of oxime groups is 1. The van der Waals surface area contributed by atoms with Gasteiger partial charge in [0.15, 0.2) is 0 Å². The first-order valence-electron chi connectivity index (χ1n) is 4.24. The number of ether oxygens (including phenoxy) is 1. The van der Waals surface area contributed by atoms with E-state index in [1.807, 2.05) is 18.2 Å². The normalized spacial score (nSPS) is 17.5. The van der Waals surface area contributed by atoms with Crippen LogP contribution in [0.3, 0.4) is 0 Å². The number of fused-ring (bicyclic) bond motifs is 1. The van der Waals surface area contributed by atoms with Crippen molar-refractivity contribution >= 4 is 5.71 Å². The van der Waals surface area contributed by atoms with Gasteiger partial charge in [0.2, 0.25) is 0 Å². The third-order valence-corrected chi connectivity index (χ3v) is 2.40. The third kappa shape index (κ3) is 1.16. The van der Waals surface area contributed by atoms with Crippen LogP contribution in [-0.4, -0.2) is 18.0 Å². The summed E-state index contributed by atoms with van der Waals surface area (Å²) in [6.07, 6.45) is 1.70. The van der Waals surface area contributed by atoms with E-state index in [4.69, 9.17) is 9.94 Å². The zero-order chi connectivity index (χ0) is 9.26. The van der Waals surface area contributed by atoms with Gasteiger partial charge < -0.3 is 9.94 Å². The molecule has 2 rings (SSSR count). The zero-order valence-corrected chi connectivity index (χ0v) is 7.45. The molecule has 1 aliphatic carbocycles. The van der Waals surface area contributed by atoms with E-state index in [2.05, 4.69) is 5.16 Å². The van der Waals surface area contributed by atoms with Crippen LogP contribution in [0.5, 0.6) is 5.75 Å². The highest BCUT2D eigenvalue weighted by Gasteiger charge is 2.20. The highest BCUT2D eigenvalue weighted by molar-refractivity contribution is 6.04. The lowest BCUT2D eigenvalue weighted by molar-refractivity contribution is 0.318. The van der Waals surface area contributed by atoms with Gasteiger partial charge in [0.05, 0.1) is 12.8 Å². The number of methoxy groups -OCH3 is 1. The molecule has 1 aliphatic rings. The molecule has 0 radical (unpaired) electrons. The van der Waals surface area contributed by atoms with E-state index in [0.29, 0.717) is 0 Å². The van der Waals surface area contributed by atoms with Crippen molar-refractivity contribution in [3.8, 4) is 5.75 Å². The maximum absolute atomic E-state index is 8.72. The molecule has 68 valence electrons. The fraction of sp³-hybridized carbons (Fsp3) is 0.300. The summed E-state index contributed by atoms with van der Waals surface area (Å²) < 4.78 is 5.21. The Balaban J connectivity index is 2.55. The number of hydrogen-bond acceptors (Lipinski definition) is 3. The Hall–Kier alpha value is -1.51. The van der Waals surface area contributed by atoms with E-state index in [9.17, 15) is 0 Å². The summed E-state index contributed by atoms with van der Waals surface area (Å²) >= 11 is 0. The van der Waals surface area contributed by atoms with Gasteiger partial charge in [-0.15, -0.1) is 0 Å². The Morgan fingerprint density at radius 3 is 2.92 bits per heavy atom. The summed E-state index contributed by atoms with van der Waals surface area (Å²) in [6, 6.07) is 5.80. The lowest BCUT2D eigenvalue weighted by Crippen LogP contribution is -1.94. The van der Waals surface area contributed by atoms with E-state index >= 15 is 0 Å². The Kier molecular flexibility index (Phi) is 1.93. The van der Waals surface area contributed by atoms with Crippen molar-refractivity contribution in [1.29, 1.82) is 0 Å². The van der Waals surface area contributed by atoms with Crippen molar-refractivity contribution in [3.63, 3.8) is 0 Å². The summed E-state index contributed by atoms with van der Waals surface area (Å²) in [6.45, 7) is 0. The molecule has 0 spiro atoms. The summed E-state index contributed by atoms with van der Waals surface area (Å²) in [5.41, 5.74) is 2.92. The molecule has 3 nitrogen and oxygen atoms in total. The van der Waals surface area contributed by atoms with Crippen molar-refractivity contribution < 1.29 is 9.94 Å². The van der Waals surface area contributed by atoms with Gasteiger partial charge in [-0.1, -0.05) is 17.3 Å². The van der Waals surface area contributed by atoms with E-state index in [0.717, 1.165) is 35.4 Å². The van der Waals surface area contributed by atoms with E-state index < -0.39 is 0 Å². The number of rotatable bonds is 1. The summed E-state index contributed by atoms with van der Waals surface area (Å²) in [7, 11) is 1.66. The topological polar surface area (TPSA) is 41.8 Å². The molecule has 0 saturated heterocycles. The predicted molar refractivity (Wildman–Crippen MR) is 49.6 cm³/mol. The second kappa shape index (κ2) is 3.09. The van der Waals surface area contributed by atoms with Crippen LogP contribution in [0.1, 0.15) is 17.5 Å². The quantitative estimate of drug-likeness (QED) is 0.525. The van der Waals surface area contributed by atoms with Crippen molar-refractivity contribution in [3.05, 3.63) is 29.3 Å². The SMILES string of the molecule is COc1cccc2c1CC/C2=N\O. The Morgan fingerprint density at radius 1 is 1.38 bits per heavy atom. The smallest absolute Gasteiger partial charge is 0.122 e. The van der Waals surface area contributed by atoms with E-state index in [1.165, 1.54) is 0 Å². The standard InChI is InChI=1S/C10H11NO2/c1-13-10-4-2-3-7-8(10)5-6-9(7)11-12/h2-4,12H,5-6H2,1H3/b11-9+. The van der Waals surface area contributed by atoms with Crippen LogP contribution in [0.25, 0.3) is 0 Å². The maximum atomic E-state index is 8.72. The van der Waals surface area contributed by atoms with Crippen molar-refractivity contribution in [2.75, 3.05) is 7.11 Å². The summed E-state index contributed by atoms with van der Waals surface area (Å²) in [4.78, 5) is 0. The van der Waals surface area contributed by atoms with Crippen LogP contribution in [0.15, 0.2) is 23.4 Å². The van der Waals surface area contributed by atoms with Crippen LogP contribution >= 0.6 is 0 Å². The molecule has 0 amide bonds. The molecule has 0 aliphatic heterocycles. The van der Waals surface area contributed by atoms with Gasteiger partial charge in [0.1, 0.15) is 5.75 Å². The number of benzene rings is 1. The van der Waals surface area contributed by atoms with Crippen molar-refractivity contribution in [1.82, 2.24) is 0 Å². The summed E-state index contributed by atoms with van der Waals surface area (Å²) in [5, 5.41) is 12.0. The lowest BCUT2D eigenvalue weighted by atomic mass is 10.1.